The van der Waals surface area contributed by atoms with E-state index in [-0.39, 0.29) is 17.7 Å². The van der Waals surface area contributed by atoms with Crippen LogP contribution in [-0.4, -0.2) is 22.5 Å². The van der Waals surface area contributed by atoms with E-state index in [1.165, 1.54) is 12.4 Å². The molecule has 1 N–H and O–H groups in total. The normalized spacial score (nSPS) is 10.5. The first-order chi connectivity index (χ1) is 8.15. The molecule has 2 heterocycles. The van der Waals surface area contributed by atoms with E-state index < -0.39 is 11.4 Å². The summed E-state index contributed by atoms with van der Waals surface area (Å²) in [6.07, 6.45) is 2.70. The van der Waals surface area contributed by atoms with Crippen molar-refractivity contribution in [1.82, 2.24) is 9.97 Å². The number of pyridine rings is 2. The number of ether oxygens (including phenoxy) is 1. The number of nitrogens with one attached hydrogen (secondary N) is 1. The van der Waals surface area contributed by atoms with E-state index in [1.54, 1.807) is 13.0 Å². The summed E-state index contributed by atoms with van der Waals surface area (Å²) in [5.74, 6) is -0.669. The molecule has 0 saturated heterocycles. The quantitative estimate of drug-likeness (QED) is 0.827. The van der Waals surface area contributed by atoms with Crippen molar-refractivity contribution < 1.29 is 9.53 Å². The number of nitrogens with zero attached hydrogens (tertiary/aromatic N) is 1. The molecule has 0 saturated carbocycles. The predicted molar refractivity (Wildman–Crippen MR) is 63.3 cm³/mol. The van der Waals surface area contributed by atoms with Crippen molar-refractivity contribution in [3.8, 4) is 0 Å². The van der Waals surface area contributed by atoms with Gasteiger partial charge in [-0.3, -0.25) is 9.78 Å². The summed E-state index contributed by atoms with van der Waals surface area (Å²) < 4.78 is 4.77. The van der Waals surface area contributed by atoms with Gasteiger partial charge in [-0.2, -0.15) is 0 Å². The zero-order chi connectivity index (χ0) is 12.4. The third kappa shape index (κ3) is 2.01. The van der Waals surface area contributed by atoms with Gasteiger partial charge in [0, 0.05) is 12.4 Å². The molecule has 2 rings (SSSR count). The maximum Gasteiger partial charge on any atom is 0.343 e. The Labute approximate surface area is 101 Å². The molecule has 0 aliphatic heterocycles. The number of aromatic amines is 1. The Balaban J connectivity index is 2.67. The highest BCUT2D eigenvalue weighted by Gasteiger charge is 2.15. The molecule has 0 aromatic carbocycles. The van der Waals surface area contributed by atoms with Crippen LogP contribution in [0.1, 0.15) is 17.3 Å². The standard InChI is InChI=1S/C11H9ClN2O3/c1-2-17-11(16)6-5-14-8-7(12)3-4-13-9(8)10(6)15/h3-5H,2H2,1H3,(H,14,15). The lowest BCUT2D eigenvalue weighted by atomic mass is 10.2. The largest absolute Gasteiger partial charge is 0.462 e. The van der Waals surface area contributed by atoms with Gasteiger partial charge in [0.1, 0.15) is 11.1 Å². The van der Waals surface area contributed by atoms with Crippen molar-refractivity contribution >= 4 is 28.6 Å². The van der Waals surface area contributed by atoms with E-state index in [2.05, 4.69) is 9.97 Å². The van der Waals surface area contributed by atoms with Gasteiger partial charge in [-0.15, -0.1) is 0 Å². The molecule has 0 bridgehead atoms. The maximum atomic E-state index is 12.0. The Kier molecular flexibility index (Phi) is 3.10. The predicted octanol–water partition coefficient (Wildman–Crippen LogP) is 1.75. The summed E-state index contributed by atoms with van der Waals surface area (Å²) >= 11 is 5.90. The second kappa shape index (κ2) is 4.55. The molecular weight excluding hydrogens is 244 g/mol. The van der Waals surface area contributed by atoms with Crippen LogP contribution in [0, 0.1) is 0 Å². The molecule has 5 nitrogen and oxygen atoms in total. The van der Waals surface area contributed by atoms with E-state index in [0.717, 1.165) is 0 Å². The molecule has 2 aromatic rings. The molecule has 0 radical (unpaired) electrons. The highest BCUT2D eigenvalue weighted by atomic mass is 35.5. The fourth-order valence-corrected chi connectivity index (χ4v) is 1.65. The van der Waals surface area contributed by atoms with Gasteiger partial charge in [-0.25, -0.2) is 4.79 Å². The maximum absolute atomic E-state index is 12.0. The lowest BCUT2D eigenvalue weighted by molar-refractivity contribution is 0.0524. The van der Waals surface area contributed by atoms with E-state index >= 15 is 0 Å². The lowest BCUT2D eigenvalue weighted by Crippen LogP contribution is -2.18. The minimum Gasteiger partial charge on any atom is -0.462 e. The average Bonchev–Trinajstić information content (AvgIpc) is 2.31. The zero-order valence-electron chi connectivity index (χ0n) is 8.99. The first kappa shape index (κ1) is 11.6. The van der Waals surface area contributed by atoms with Crippen molar-refractivity contribution in [2.24, 2.45) is 0 Å². The van der Waals surface area contributed by atoms with E-state index in [1.807, 2.05) is 0 Å². The van der Waals surface area contributed by atoms with Gasteiger partial charge in [-0.1, -0.05) is 11.6 Å². The molecule has 2 aromatic heterocycles. The molecule has 6 heteroatoms. The summed E-state index contributed by atoms with van der Waals surface area (Å²) in [4.78, 5) is 30.1. The van der Waals surface area contributed by atoms with E-state index in [4.69, 9.17) is 16.3 Å². The number of fused-ring (bicyclic) bond motifs is 1. The second-order valence-electron chi connectivity index (χ2n) is 3.27. The van der Waals surface area contributed by atoms with Crippen LogP contribution in [0.15, 0.2) is 23.3 Å². The van der Waals surface area contributed by atoms with Crippen LogP contribution in [0.2, 0.25) is 5.02 Å². The van der Waals surface area contributed by atoms with Crippen LogP contribution < -0.4 is 5.43 Å². The third-order valence-electron chi connectivity index (χ3n) is 2.22. The van der Waals surface area contributed by atoms with Crippen molar-refractivity contribution in [3.05, 3.63) is 39.3 Å². The fourth-order valence-electron chi connectivity index (χ4n) is 1.45. The number of halogens is 1. The molecule has 0 unspecified atom stereocenters. The Hall–Kier alpha value is -1.88. The van der Waals surface area contributed by atoms with Crippen molar-refractivity contribution in [1.29, 1.82) is 0 Å². The average molecular weight is 253 g/mol. The number of hydrogen-bond acceptors (Lipinski definition) is 4. The molecule has 0 atom stereocenters. The number of esters is 1. The molecule has 0 fully saturated rings. The van der Waals surface area contributed by atoms with Gasteiger partial charge in [0.2, 0.25) is 5.43 Å². The first-order valence-electron chi connectivity index (χ1n) is 4.98. The van der Waals surface area contributed by atoms with E-state index in [0.29, 0.717) is 10.5 Å². The number of carbonyl (C=O) groups excluding carboxylic acids is 1. The van der Waals surface area contributed by atoms with Crippen LogP contribution in [0.4, 0.5) is 0 Å². The van der Waals surface area contributed by atoms with Gasteiger partial charge >= 0.3 is 5.97 Å². The summed E-state index contributed by atoms with van der Waals surface area (Å²) in [5.41, 5.74) is -0.0240. The van der Waals surface area contributed by atoms with Gasteiger partial charge < -0.3 is 9.72 Å². The molecular formula is C11H9ClN2O3. The highest BCUT2D eigenvalue weighted by Crippen LogP contribution is 2.16. The Morgan fingerprint density at radius 2 is 2.35 bits per heavy atom. The second-order valence-corrected chi connectivity index (χ2v) is 3.68. The number of aromatic nitrogens is 2. The Morgan fingerprint density at radius 1 is 1.59 bits per heavy atom. The number of hydrogen-bond donors (Lipinski definition) is 1. The highest BCUT2D eigenvalue weighted by molar-refractivity contribution is 6.34. The van der Waals surface area contributed by atoms with Gasteiger partial charge in [0.05, 0.1) is 17.1 Å². The molecule has 0 spiro atoms. The van der Waals surface area contributed by atoms with Crippen LogP contribution >= 0.6 is 11.6 Å². The molecule has 0 amide bonds. The first-order valence-corrected chi connectivity index (χ1v) is 5.36. The van der Waals surface area contributed by atoms with Crippen LogP contribution in [0.3, 0.4) is 0 Å². The third-order valence-corrected chi connectivity index (χ3v) is 2.53. The van der Waals surface area contributed by atoms with E-state index in [9.17, 15) is 9.59 Å². The SMILES string of the molecule is CCOC(=O)c1c[nH]c2c(Cl)ccnc2c1=O. The fraction of sp³-hybridized carbons (Fsp3) is 0.182. The Bertz CT molecular complexity index is 636. The van der Waals surface area contributed by atoms with Gasteiger partial charge in [0.15, 0.2) is 0 Å². The van der Waals surface area contributed by atoms with Crippen LogP contribution in [-0.2, 0) is 4.74 Å². The number of H-pyrrole nitrogens is 1. The minimum absolute atomic E-state index is 0.0749. The molecule has 0 aliphatic carbocycles. The monoisotopic (exact) mass is 252 g/mol. The van der Waals surface area contributed by atoms with Gasteiger partial charge in [-0.05, 0) is 13.0 Å². The van der Waals surface area contributed by atoms with Crippen molar-refractivity contribution in [2.75, 3.05) is 6.61 Å². The molecule has 17 heavy (non-hydrogen) atoms. The zero-order valence-corrected chi connectivity index (χ0v) is 9.75. The number of rotatable bonds is 2. The lowest BCUT2D eigenvalue weighted by Gasteiger charge is -2.03. The summed E-state index contributed by atoms with van der Waals surface area (Å²) in [6.45, 7) is 1.88. The van der Waals surface area contributed by atoms with Gasteiger partial charge in [0.25, 0.3) is 0 Å². The molecule has 0 aliphatic rings. The Morgan fingerprint density at radius 3 is 3.06 bits per heavy atom. The summed E-state index contributed by atoms with van der Waals surface area (Å²) in [5, 5.41) is 0.377. The number of carbonyl (C=O) groups is 1. The molecule has 88 valence electrons. The summed E-state index contributed by atoms with van der Waals surface area (Å²) in [6, 6.07) is 1.56. The topological polar surface area (TPSA) is 72.1 Å². The summed E-state index contributed by atoms with van der Waals surface area (Å²) in [7, 11) is 0. The van der Waals surface area contributed by atoms with Crippen LogP contribution in [0.25, 0.3) is 11.0 Å². The van der Waals surface area contributed by atoms with Crippen LogP contribution in [0.5, 0.6) is 0 Å². The smallest absolute Gasteiger partial charge is 0.343 e. The minimum atomic E-state index is -0.669. The van der Waals surface area contributed by atoms with Crippen molar-refractivity contribution in [2.45, 2.75) is 6.92 Å². The van der Waals surface area contributed by atoms with Crippen molar-refractivity contribution in [3.63, 3.8) is 0 Å².